The molecule has 0 radical (unpaired) electrons. The summed E-state index contributed by atoms with van der Waals surface area (Å²) in [6.07, 6.45) is 7.07. The van der Waals surface area contributed by atoms with Crippen LogP contribution in [-0.4, -0.2) is 4.98 Å². The summed E-state index contributed by atoms with van der Waals surface area (Å²) in [7, 11) is 0. The molecule has 1 fully saturated rings. The van der Waals surface area contributed by atoms with Gasteiger partial charge in [0.1, 0.15) is 0 Å². The molecule has 3 heteroatoms. The van der Waals surface area contributed by atoms with Crippen molar-refractivity contribution in [3.05, 3.63) is 29.6 Å². The highest BCUT2D eigenvalue weighted by atomic mass is 15.2. The number of aromatic nitrogens is 1. The zero-order valence-corrected chi connectivity index (χ0v) is 9.24. The summed E-state index contributed by atoms with van der Waals surface area (Å²) < 4.78 is 0. The van der Waals surface area contributed by atoms with E-state index in [1.54, 1.807) is 0 Å². The van der Waals surface area contributed by atoms with Gasteiger partial charge in [-0.3, -0.25) is 16.3 Å². The van der Waals surface area contributed by atoms with Crippen LogP contribution in [0, 0.1) is 12.8 Å². The molecule has 2 rings (SSSR count). The van der Waals surface area contributed by atoms with Crippen LogP contribution in [0.4, 0.5) is 0 Å². The summed E-state index contributed by atoms with van der Waals surface area (Å²) in [5, 5.41) is 0. The molecule has 1 aliphatic rings. The van der Waals surface area contributed by atoms with Crippen molar-refractivity contribution in [2.24, 2.45) is 11.8 Å². The van der Waals surface area contributed by atoms with Gasteiger partial charge < -0.3 is 0 Å². The van der Waals surface area contributed by atoms with Gasteiger partial charge in [0.15, 0.2) is 0 Å². The van der Waals surface area contributed by atoms with E-state index in [1.165, 1.54) is 24.8 Å². The lowest BCUT2D eigenvalue weighted by Gasteiger charge is -2.29. The molecule has 1 aromatic heterocycles. The molecule has 3 nitrogen and oxygen atoms in total. The molecule has 15 heavy (non-hydrogen) atoms. The highest BCUT2D eigenvalue weighted by Gasteiger charge is 2.23. The summed E-state index contributed by atoms with van der Waals surface area (Å²) in [4.78, 5) is 4.30. The molecule has 0 aliphatic heterocycles. The zero-order valence-electron chi connectivity index (χ0n) is 9.24. The van der Waals surface area contributed by atoms with Crippen molar-refractivity contribution in [1.82, 2.24) is 10.4 Å². The van der Waals surface area contributed by atoms with E-state index in [0.29, 0.717) is 0 Å². The van der Waals surface area contributed by atoms with E-state index in [1.807, 2.05) is 19.2 Å². The van der Waals surface area contributed by atoms with E-state index < -0.39 is 0 Å². The lowest BCUT2D eigenvalue weighted by Crippen LogP contribution is -2.31. The lowest BCUT2D eigenvalue weighted by atomic mass is 9.79. The minimum Gasteiger partial charge on any atom is -0.271 e. The molecule has 82 valence electrons. The van der Waals surface area contributed by atoms with Crippen LogP contribution >= 0.6 is 0 Å². The largest absolute Gasteiger partial charge is 0.271 e. The number of nitrogens with zero attached hydrogens (tertiary/aromatic N) is 1. The van der Waals surface area contributed by atoms with Gasteiger partial charge in [-0.05, 0) is 30.9 Å². The average Bonchev–Trinajstić information content (AvgIpc) is 2.19. The second-order valence-electron chi connectivity index (χ2n) is 4.43. The third kappa shape index (κ3) is 2.36. The molecule has 0 aromatic carbocycles. The van der Waals surface area contributed by atoms with Crippen molar-refractivity contribution in [3.63, 3.8) is 0 Å². The summed E-state index contributed by atoms with van der Waals surface area (Å²) in [6.45, 7) is 2.04. The maximum Gasteiger partial charge on any atom is 0.0480 e. The number of aryl methyl sites for hydroxylation is 1. The van der Waals surface area contributed by atoms with Crippen LogP contribution < -0.4 is 11.3 Å². The minimum absolute atomic E-state index is 0.268. The van der Waals surface area contributed by atoms with Crippen molar-refractivity contribution in [1.29, 1.82) is 0 Å². The molecule has 1 unspecified atom stereocenters. The molecule has 0 spiro atoms. The molecule has 1 atom stereocenters. The van der Waals surface area contributed by atoms with Gasteiger partial charge in [-0.25, -0.2) is 0 Å². The Bertz CT molecular complexity index is 320. The van der Waals surface area contributed by atoms with Crippen molar-refractivity contribution >= 4 is 0 Å². The van der Waals surface area contributed by atoms with Gasteiger partial charge in [-0.1, -0.05) is 25.3 Å². The van der Waals surface area contributed by atoms with E-state index in [-0.39, 0.29) is 6.04 Å². The summed E-state index contributed by atoms with van der Waals surface area (Å²) in [6, 6.07) is 4.36. The molecular formula is C12H19N3. The Morgan fingerprint density at radius 1 is 1.60 bits per heavy atom. The third-order valence-electron chi connectivity index (χ3n) is 3.42. The topological polar surface area (TPSA) is 50.9 Å². The number of hydrogen-bond donors (Lipinski definition) is 2. The molecule has 1 heterocycles. The standard InChI is InChI=1S/C12H19N3/c1-9-11(6-3-7-14-9)12(15-13)8-10-4-2-5-10/h3,6-7,10,12,15H,2,4-5,8,13H2,1H3. The number of pyridine rings is 1. The number of hydrogen-bond acceptors (Lipinski definition) is 3. The van der Waals surface area contributed by atoms with Crippen LogP contribution in [0.25, 0.3) is 0 Å². The Morgan fingerprint density at radius 2 is 2.40 bits per heavy atom. The van der Waals surface area contributed by atoms with Gasteiger partial charge in [0.25, 0.3) is 0 Å². The van der Waals surface area contributed by atoms with E-state index in [9.17, 15) is 0 Å². The normalized spacial score (nSPS) is 18.5. The first-order valence-corrected chi connectivity index (χ1v) is 5.69. The minimum atomic E-state index is 0.268. The maximum absolute atomic E-state index is 5.62. The fraction of sp³-hybridized carbons (Fsp3) is 0.583. The van der Waals surface area contributed by atoms with Gasteiger partial charge in [-0.2, -0.15) is 0 Å². The van der Waals surface area contributed by atoms with Crippen LogP contribution in [0.2, 0.25) is 0 Å². The van der Waals surface area contributed by atoms with Crippen molar-refractivity contribution in [2.75, 3.05) is 0 Å². The maximum atomic E-state index is 5.62. The van der Waals surface area contributed by atoms with Crippen LogP contribution in [0.5, 0.6) is 0 Å². The molecule has 1 saturated carbocycles. The van der Waals surface area contributed by atoms with Gasteiger partial charge in [-0.15, -0.1) is 0 Å². The quantitative estimate of drug-likeness (QED) is 0.584. The van der Waals surface area contributed by atoms with Crippen LogP contribution in [0.15, 0.2) is 18.3 Å². The van der Waals surface area contributed by atoms with Gasteiger partial charge in [0, 0.05) is 17.9 Å². The van der Waals surface area contributed by atoms with E-state index in [2.05, 4.69) is 16.5 Å². The molecule has 1 aromatic rings. The second kappa shape index (κ2) is 4.73. The van der Waals surface area contributed by atoms with Crippen molar-refractivity contribution in [2.45, 2.75) is 38.6 Å². The summed E-state index contributed by atoms with van der Waals surface area (Å²) >= 11 is 0. The second-order valence-corrected chi connectivity index (χ2v) is 4.43. The fourth-order valence-corrected chi connectivity index (χ4v) is 2.21. The smallest absolute Gasteiger partial charge is 0.0480 e. The predicted octanol–water partition coefficient (Wildman–Crippen LogP) is 2.08. The highest BCUT2D eigenvalue weighted by molar-refractivity contribution is 5.22. The molecular weight excluding hydrogens is 186 g/mol. The molecule has 3 N–H and O–H groups in total. The number of rotatable bonds is 4. The molecule has 0 bridgehead atoms. The Labute approximate surface area is 91.1 Å². The molecule has 1 aliphatic carbocycles. The van der Waals surface area contributed by atoms with Crippen LogP contribution in [-0.2, 0) is 0 Å². The molecule has 0 amide bonds. The summed E-state index contributed by atoms with van der Waals surface area (Å²) in [5.41, 5.74) is 5.24. The van der Waals surface area contributed by atoms with E-state index in [4.69, 9.17) is 5.84 Å². The Morgan fingerprint density at radius 3 is 2.93 bits per heavy atom. The number of nitrogens with two attached hydrogens (primary N) is 1. The van der Waals surface area contributed by atoms with Gasteiger partial charge >= 0.3 is 0 Å². The number of hydrazine groups is 1. The Balaban J connectivity index is 2.07. The summed E-state index contributed by atoms with van der Waals surface area (Å²) in [5.74, 6) is 6.48. The van der Waals surface area contributed by atoms with E-state index in [0.717, 1.165) is 18.0 Å². The predicted molar refractivity (Wildman–Crippen MR) is 61.0 cm³/mol. The van der Waals surface area contributed by atoms with Crippen LogP contribution in [0.3, 0.4) is 0 Å². The Kier molecular flexibility index (Phi) is 3.34. The number of nitrogens with one attached hydrogen (secondary N) is 1. The molecule has 0 saturated heterocycles. The fourth-order valence-electron chi connectivity index (χ4n) is 2.21. The lowest BCUT2D eigenvalue weighted by molar-refractivity contribution is 0.261. The average molecular weight is 205 g/mol. The Hall–Kier alpha value is -0.930. The first-order chi connectivity index (χ1) is 7.31. The van der Waals surface area contributed by atoms with Crippen molar-refractivity contribution < 1.29 is 0 Å². The van der Waals surface area contributed by atoms with E-state index >= 15 is 0 Å². The SMILES string of the molecule is Cc1ncccc1C(CC1CCC1)NN. The highest BCUT2D eigenvalue weighted by Crippen LogP contribution is 2.34. The third-order valence-corrected chi connectivity index (χ3v) is 3.42. The first kappa shape index (κ1) is 10.6. The van der Waals surface area contributed by atoms with Crippen molar-refractivity contribution in [3.8, 4) is 0 Å². The first-order valence-electron chi connectivity index (χ1n) is 5.69. The van der Waals surface area contributed by atoms with Gasteiger partial charge in [0.05, 0.1) is 0 Å². The van der Waals surface area contributed by atoms with Gasteiger partial charge in [0.2, 0.25) is 0 Å². The monoisotopic (exact) mass is 205 g/mol. The zero-order chi connectivity index (χ0) is 10.7. The van der Waals surface area contributed by atoms with Crippen LogP contribution in [0.1, 0.15) is 43.0 Å².